The van der Waals surface area contributed by atoms with Gasteiger partial charge in [0, 0.05) is 6.04 Å². The average Bonchev–Trinajstić information content (AvgIpc) is 3.08. The Hall–Kier alpha value is -1.49. The summed E-state index contributed by atoms with van der Waals surface area (Å²) in [4.78, 5) is 15.3. The lowest BCUT2D eigenvalue weighted by molar-refractivity contribution is -0.133. The number of thioether (sulfide) groups is 1. The molecule has 1 saturated carbocycles. The van der Waals surface area contributed by atoms with Crippen LogP contribution >= 0.6 is 11.8 Å². The molecule has 0 saturated heterocycles. The van der Waals surface area contributed by atoms with Crippen LogP contribution < -0.4 is 0 Å². The van der Waals surface area contributed by atoms with Gasteiger partial charge in [-0.05, 0) is 31.4 Å². The highest BCUT2D eigenvalue weighted by Gasteiger charge is 2.29. The van der Waals surface area contributed by atoms with Gasteiger partial charge < -0.3 is 9.67 Å². The highest BCUT2D eigenvalue weighted by Crippen LogP contribution is 2.41. The fourth-order valence-electron chi connectivity index (χ4n) is 2.20. The van der Waals surface area contributed by atoms with Gasteiger partial charge in [-0.25, -0.2) is 4.98 Å². The average molecular weight is 262 g/mol. The Labute approximate surface area is 109 Å². The van der Waals surface area contributed by atoms with Crippen molar-refractivity contribution in [2.45, 2.75) is 31.0 Å². The van der Waals surface area contributed by atoms with Crippen LogP contribution in [-0.2, 0) is 4.79 Å². The van der Waals surface area contributed by atoms with Crippen molar-refractivity contribution >= 4 is 28.8 Å². The fraction of sp³-hybridized carbons (Fsp3) is 0.385. The van der Waals surface area contributed by atoms with E-state index in [-0.39, 0.29) is 5.75 Å². The van der Waals surface area contributed by atoms with Gasteiger partial charge in [0.05, 0.1) is 16.8 Å². The standard InChI is InChI=1S/C13H14N2O2S/c1-8-3-2-4-10-12(8)15(9-5-6-9)13(14-10)18-7-11(16)17/h2-4,9H,5-7H2,1H3,(H,16,17). The normalized spacial score (nSPS) is 15.2. The largest absolute Gasteiger partial charge is 0.481 e. The lowest BCUT2D eigenvalue weighted by Crippen LogP contribution is -2.02. The minimum absolute atomic E-state index is 0.0646. The van der Waals surface area contributed by atoms with Crippen LogP contribution in [0, 0.1) is 6.92 Å². The predicted octanol–water partition coefficient (Wildman–Crippen LogP) is 2.86. The van der Waals surface area contributed by atoms with Crippen LogP contribution in [0.3, 0.4) is 0 Å². The number of hydrogen-bond acceptors (Lipinski definition) is 3. The quantitative estimate of drug-likeness (QED) is 0.861. The molecular formula is C13H14N2O2S. The number of carbonyl (C=O) groups is 1. The van der Waals surface area contributed by atoms with Crippen molar-refractivity contribution < 1.29 is 9.90 Å². The summed E-state index contributed by atoms with van der Waals surface area (Å²) in [5.74, 6) is -0.735. The number of imidazole rings is 1. The molecule has 1 aromatic heterocycles. The van der Waals surface area contributed by atoms with Crippen LogP contribution in [0.1, 0.15) is 24.4 Å². The van der Waals surface area contributed by atoms with Crippen LogP contribution in [0.5, 0.6) is 0 Å². The van der Waals surface area contributed by atoms with Gasteiger partial charge in [-0.1, -0.05) is 23.9 Å². The Morgan fingerprint density at radius 1 is 1.56 bits per heavy atom. The molecule has 1 heterocycles. The van der Waals surface area contributed by atoms with E-state index < -0.39 is 5.97 Å². The van der Waals surface area contributed by atoms with Crippen molar-refractivity contribution in [2.24, 2.45) is 0 Å². The summed E-state index contributed by atoms with van der Waals surface area (Å²) in [6, 6.07) is 6.57. The zero-order valence-corrected chi connectivity index (χ0v) is 10.9. The van der Waals surface area contributed by atoms with Gasteiger partial charge in [0.2, 0.25) is 0 Å². The molecule has 0 aliphatic heterocycles. The third-order valence-corrected chi connectivity index (χ3v) is 4.05. The number of carboxylic acids is 1. The maximum Gasteiger partial charge on any atom is 0.313 e. The highest BCUT2D eigenvalue weighted by atomic mass is 32.2. The summed E-state index contributed by atoms with van der Waals surface area (Å²) in [7, 11) is 0. The molecule has 0 bridgehead atoms. The molecule has 1 aliphatic rings. The first-order valence-electron chi connectivity index (χ1n) is 5.99. The maximum atomic E-state index is 10.7. The first-order valence-corrected chi connectivity index (χ1v) is 6.97. The second kappa shape index (κ2) is 4.31. The molecule has 18 heavy (non-hydrogen) atoms. The van der Waals surface area contributed by atoms with E-state index in [0.29, 0.717) is 6.04 Å². The van der Waals surface area contributed by atoms with Gasteiger partial charge in [-0.3, -0.25) is 4.79 Å². The number of aromatic nitrogens is 2. The summed E-state index contributed by atoms with van der Waals surface area (Å²) >= 11 is 1.31. The first kappa shape index (κ1) is 11.6. The Kier molecular flexibility index (Phi) is 2.78. The number of carboxylic acid groups (broad SMARTS) is 1. The zero-order valence-electron chi connectivity index (χ0n) is 10.1. The topological polar surface area (TPSA) is 55.1 Å². The molecule has 2 aromatic rings. The van der Waals surface area contributed by atoms with Crippen LogP contribution in [0.15, 0.2) is 23.4 Å². The molecule has 0 atom stereocenters. The van der Waals surface area contributed by atoms with E-state index in [9.17, 15) is 4.79 Å². The van der Waals surface area contributed by atoms with Crippen LogP contribution in [-0.4, -0.2) is 26.4 Å². The molecule has 1 aliphatic carbocycles. The molecule has 5 heteroatoms. The monoisotopic (exact) mass is 262 g/mol. The van der Waals surface area contributed by atoms with E-state index >= 15 is 0 Å². The highest BCUT2D eigenvalue weighted by molar-refractivity contribution is 7.99. The van der Waals surface area contributed by atoms with E-state index in [4.69, 9.17) is 5.11 Å². The summed E-state index contributed by atoms with van der Waals surface area (Å²) in [6.07, 6.45) is 2.33. The molecule has 0 spiro atoms. The number of para-hydroxylation sites is 1. The summed E-state index contributed by atoms with van der Waals surface area (Å²) < 4.78 is 2.22. The number of benzene rings is 1. The first-order chi connectivity index (χ1) is 8.66. The van der Waals surface area contributed by atoms with E-state index in [2.05, 4.69) is 22.5 Å². The molecule has 3 rings (SSSR count). The third-order valence-electron chi connectivity index (χ3n) is 3.12. The van der Waals surface area contributed by atoms with Gasteiger partial charge in [0.15, 0.2) is 5.16 Å². The third kappa shape index (κ3) is 1.99. The molecule has 0 unspecified atom stereocenters. The number of aliphatic carboxylic acids is 1. The SMILES string of the molecule is Cc1cccc2nc(SCC(=O)O)n(C3CC3)c12. The van der Waals surface area contributed by atoms with E-state index in [0.717, 1.165) is 16.2 Å². The lowest BCUT2D eigenvalue weighted by atomic mass is 10.2. The van der Waals surface area contributed by atoms with Crippen LogP contribution in [0.2, 0.25) is 0 Å². The number of rotatable bonds is 4. The maximum absolute atomic E-state index is 10.7. The molecule has 1 N–H and O–H groups in total. The van der Waals surface area contributed by atoms with E-state index in [1.165, 1.54) is 30.2 Å². The fourth-order valence-corrected chi connectivity index (χ4v) is 2.99. The van der Waals surface area contributed by atoms with E-state index in [1.54, 1.807) is 0 Å². The summed E-state index contributed by atoms with van der Waals surface area (Å²) in [6.45, 7) is 2.08. The Bertz CT molecular complexity index is 617. The summed E-state index contributed by atoms with van der Waals surface area (Å²) in [5, 5.41) is 9.63. The lowest BCUT2D eigenvalue weighted by Gasteiger charge is -2.07. The molecule has 4 nitrogen and oxygen atoms in total. The molecule has 0 amide bonds. The molecule has 1 aromatic carbocycles. The Morgan fingerprint density at radius 2 is 2.33 bits per heavy atom. The van der Waals surface area contributed by atoms with Gasteiger partial charge in [0.25, 0.3) is 0 Å². The van der Waals surface area contributed by atoms with Crippen molar-refractivity contribution in [3.8, 4) is 0 Å². The number of hydrogen-bond donors (Lipinski definition) is 1. The molecule has 94 valence electrons. The molecule has 1 fully saturated rings. The van der Waals surface area contributed by atoms with Crippen LogP contribution in [0.25, 0.3) is 11.0 Å². The number of aryl methyl sites for hydroxylation is 1. The van der Waals surface area contributed by atoms with Gasteiger partial charge >= 0.3 is 5.97 Å². The minimum atomic E-state index is -0.800. The van der Waals surface area contributed by atoms with E-state index in [1.807, 2.05) is 12.1 Å². The van der Waals surface area contributed by atoms with Crippen molar-refractivity contribution in [2.75, 3.05) is 5.75 Å². The van der Waals surface area contributed by atoms with Gasteiger partial charge in [-0.15, -0.1) is 0 Å². The zero-order chi connectivity index (χ0) is 12.7. The van der Waals surface area contributed by atoms with Crippen molar-refractivity contribution in [3.05, 3.63) is 23.8 Å². The van der Waals surface area contributed by atoms with Crippen molar-refractivity contribution in [3.63, 3.8) is 0 Å². The van der Waals surface area contributed by atoms with Crippen molar-refractivity contribution in [1.29, 1.82) is 0 Å². The van der Waals surface area contributed by atoms with Crippen LogP contribution in [0.4, 0.5) is 0 Å². The Balaban J connectivity index is 2.09. The second-order valence-electron chi connectivity index (χ2n) is 4.62. The summed E-state index contributed by atoms with van der Waals surface area (Å²) in [5.41, 5.74) is 3.33. The smallest absolute Gasteiger partial charge is 0.313 e. The number of fused-ring (bicyclic) bond motifs is 1. The predicted molar refractivity (Wildman–Crippen MR) is 71.1 cm³/mol. The molecular weight excluding hydrogens is 248 g/mol. The number of nitrogens with zero attached hydrogens (tertiary/aromatic N) is 2. The van der Waals surface area contributed by atoms with Crippen molar-refractivity contribution in [1.82, 2.24) is 9.55 Å². The Morgan fingerprint density at radius 3 is 3.00 bits per heavy atom. The second-order valence-corrected chi connectivity index (χ2v) is 5.56. The minimum Gasteiger partial charge on any atom is -0.481 e. The molecule has 0 radical (unpaired) electrons. The van der Waals surface area contributed by atoms with Gasteiger partial charge in [-0.2, -0.15) is 0 Å². The van der Waals surface area contributed by atoms with Gasteiger partial charge in [0.1, 0.15) is 0 Å².